The summed E-state index contributed by atoms with van der Waals surface area (Å²) in [5.74, 6) is 0.344. The Morgan fingerprint density at radius 1 is 1.16 bits per heavy atom. The highest BCUT2D eigenvalue weighted by Crippen LogP contribution is 2.42. The molecule has 3 heterocycles. The van der Waals surface area contributed by atoms with Gasteiger partial charge in [-0.15, -0.1) is 0 Å². The van der Waals surface area contributed by atoms with Crippen LogP contribution >= 0.6 is 0 Å². The van der Waals surface area contributed by atoms with Gasteiger partial charge < -0.3 is 9.80 Å². The molecule has 0 saturated carbocycles. The van der Waals surface area contributed by atoms with Crippen LogP contribution in [0.15, 0.2) is 36.2 Å². The topological polar surface area (TPSA) is 53.5 Å². The molecule has 5 heteroatoms. The fraction of sp³-hybridized carbons (Fsp3) is 0.550. The number of hydrogen-bond acceptors (Lipinski definition) is 3. The Morgan fingerprint density at radius 3 is 2.60 bits per heavy atom. The standard InChI is InChI=1S/C20H27N3O2/c1-16(2)14-18(24)22-11-3-6-20(7-12-22)8-13-23(19(20)25)15-17-4-9-21-10-5-17/h4-5,9-10,14H,3,6-8,11-13,15H2,1-2H3/t20-/m1/s1. The number of pyridine rings is 1. The highest BCUT2D eigenvalue weighted by atomic mass is 16.2. The summed E-state index contributed by atoms with van der Waals surface area (Å²) < 4.78 is 0. The summed E-state index contributed by atoms with van der Waals surface area (Å²) in [5, 5.41) is 0. The number of rotatable bonds is 3. The fourth-order valence-electron chi connectivity index (χ4n) is 3.97. The van der Waals surface area contributed by atoms with E-state index in [1.165, 1.54) is 0 Å². The molecular formula is C20H27N3O2. The van der Waals surface area contributed by atoms with E-state index in [-0.39, 0.29) is 17.2 Å². The molecule has 0 radical (unpaired) electrons. The lowest BCUT2D eigenvalue weighted by Crippen LogP contribution is -2.36. The third-order valence-electron chi connectivity index (χ3n) is 5.39. The number of aromatic nitrogens is 1. The van der Waals surface area contributed by atoms with Gasteiger partial charge >= 0.3 is 0 Å². The molecule has 2 amide bonds. The van der Waals surface area contributed by atoms with Crippen molar-refractivity contribution in [1.29, 1.82) is 0 Å². The third-order valence-corrected chi connectivity index (χ3v) is 5.39. The zero-order chi connectivity index (χ0) is 17.9. The summed E-state index contributed by atoms with van der Waals surface area (Å²) in [6.07, 6.45) is 8.70. The lowest BCUT2D eigenvalue weighted by Gasteiger charge is -2.26. The number of likely N-dealkylation sites (tertiary alicyclic amines) is 2. The second-order valence-electron chi connectivity index (χ2n) is 7.51. The van der Waals surface area contributed by atoms with Crippen molar-refractivity contribution in [3.63, 3.8) is 0 Å². The summed E-state index contributed by atoms with van der Waals surface area (Å²) in [7, 11) is 0. The average molecular weight is 341 g/mol. The first-order valence-corrected chi connectivity index (χ1v) is 9.12. The number of allylic oxidation sites excluding steroid dienone is 1. The summed E-state index contributed by atoms with van der Waals surface area (Å²) in [6, 6.07) is 3.93. The van der Waals surface area contributed by atoms with Crippen molar-refractivity contribution in [2.24, 2.45) is 5.41 Å². The molecule has 3 rings (SSSR count). The van der Waals surface area contributed by atoms with Crippen LogP contribution in [0.1, 0.15) is 45.1 Å². The molecule has 2 fully saturated rings. The third kappa shape index (κ3) is 3.91. The maximum atomic E-state index is 13.1. The van der Waals surface area contributed by atoms with Gasteiger partial charge in [-0.1, -0.05) is 5.57 Å². The molecular weight excluding hydrogens is 314 g/mol. The SMILES string of the molecule is CC(C)=CC(=O)N1CCC[C@@]2(CC1)CCN(Cc1ccncc1)C2=O. The van der Waals surface area contributed by atoms with Crippen molar-refractivity contribution < 1.29 is 9.59 Å². The quantitative estimate of drug-likeness (QED) is 0.795. The predicted octanol–water partition coefficient (Wildman–Crippen LogP) is 2.78. The molecule has 2 aliphatic heterocycles. The van der Waals surface area contributed by atoms with Crippen molar-refractivity contribution in [3.05, 3.63) is 41.7 Å². The number of amides is 2. The van der Waals surface area contributed by atoms with Crippen LogP contribution in [0.2, 0.25) is 0 Å². The zero-order valence-corrected chi connectivity index (χ0v) is 15.2. The van der Waals surface area contributed by atoms with Gasteiger partial charge in [0.05, 0.1) is 5.41 Å². The Labute approximate surface area is 149 Å². The Morgan fingerprint density at radius 2 is 1.88 bits per heavy atom. The summed E-state index contributed by atoms with van der Waals surface area (Å²) in [5.41, 5.74) is 1.87. The van der Waals surface area contributed by atoms with Crippen LogP contribution < -0.4 is 0 Å². The molecule has 0 aromatic carbocycles. The largest absolute Gasteiger partial charge is 0.339 e. The zero-order valence-electron chi connectivity index (χ0n) is 15.2. The molecule has 2 aliphatic rings. The number of nitrogens with zero attached hydrogens (tertiary/aromatic N) is 3. The van der Waals surface area contributed by atoms with E-state index in [9.17, 15) is 9.59 Å². The molecule has 0 N–H and O–H groups in total. The van der Waals surface area contributed by atoms with Gasteiger partial charge in [-0.25, -0.2) is 0 Å². The Hall–Kier alpha value is -2.17. The van der Waals surface area contributed by atoms with Crippen molar-refractivity contribution in [1.82, 2.24) is 14.8 Å². The van der Waals surface area contributed by atoms with Crippen LogP contribution in [0.25, 0.3) is 0 Å². The van der Waals surface area contributed by atoms with Crippen LogP contribution in [0.3, 0.4) is 0 Å². The van der Waals surface area contributed by atoms with Gasteiger partial charge in [-0.05, 0) is 57.2 Å². The highest BCUT2D eigenvalue weighted by Gasteiger charge is 2.46. The van der Waals surface area contributed by atoms with Crippen molar-refractivity contribution in [3.8, 4) is 0 Å². The van der Waals surface area contributed by atoms with Crippen LogP contribution in [-0.4, -0.2) is 46.2 Å². The molecule has 25 heavy (non-hydrogen) atoms. The molecule has 1 atom stereocenters. The molecule has 134 valence electrons. The molecule has 5 nitrogen and oxygen atoms in total. The second-order valence-corrected chi connectivity index (χ2v) is 7.51. The Kier molecular flexibility index (Phi) is 5.21. The summed E-state index contributed by atoms with van der Waals surface area (Å²) in [6.45, 7) is 6.77. The molecule has 1 aromatic rings. The molecule has 1 aromatic heterocycles. The summed E-state index contributed by atoms with van der Waals surface area (Å²) in [4.78, 5) is 33.3. The lowest BCUT2D eigenvalue weighted by molar-refractivity contribution is -0.137. The van der Waals surface area contributed by atoms with Gasteiger partial charge in [0.15, 0.2) is 0 Å². The minimum absolute atomic E-state index is 0.0798. The average Bonchev–Trinajstić information content (AvgIpc) is 2.76. The van der Waals surface area contributed by atoms with Gasteiger partial charge in [0.2, 0.25) is 11.8 Å². The highest BCUT2D eigenvalue weighted by molar-refractivity contribution is 5.88. The van der Waals surface area contributed by atoms with E-state index in [1.54, 1.807) is 18.5 Å². The van der Waals surface area contributed by atoms with E-state index >= 15 is 0 Å². The minimum atomic E-state index is -0.271. The van der Waals surface area contributed by atoms with Gasteiger partial charge in [0, 0.05) is 44.6 Å². The van der Waals surface area contributed by atoms with E-state index < -0.39 is 0 Å². The number of carbonyl (C=O) groups excluding carboxylic acids is 2. The van der Waals surface area contributed by atoms with Gasteiger partial charge in [-0.3, -0.25) is 14.6 Å². The predicted molar refractivity (Wildman–Crippen MR) is 96.6 cm³/mol. The maximum Gasteiger partial charge on any atom is 0.246 e. The first-order valence-electron chi connectivity index (χ1n) is 9.12. The minimum Gasteiger partial charge on any atom is -0.339 e. The maximum absolute atomic E-state index is 13.1. The van der Waals surface area contributed by atoms with E-state index in [0.29, 0.717) is 13.1 Å². The van der Waals surface area contributed by atoms with Gasteiger partial charge in [-0.2, -0.15) is 0 Å². The van der Waals surface area contributed by atoms with Crippen molar-refractivity contribution in [2.45, 2.75) is 46.1 Å². The Balaban J connectivity index is 1.66. The number of carbonyl (C=O) groups is 2. The van der Waals surface area contributed by atoms with Crippen molar-refractivity contribution >= 4 is 11.8 Å². The van der Waals surface area contributed by atoms with Crippen LogP contribution in [0.4, 0.5) is 0 Å². The van der Waals surface area contributed by atoms with E-state index in [0.717, 1.165) is 49.9 Å². The first kappa shape index (κ1) is 17.6. The molecule has 1 spiro atoms. The molecule has 0 unspecified atom stereocenters. The lowest BCUT2D eigenvalue weighted by atomic mass is 9.79. The second kappa shape index (κ2) is 7.38. The fourth-order valence-corrected chi connectivity index (χ4v) is 3.97. The molecule has 0 aliphatic carbocycles. The summed E-state index contributed by atoms with van der Waals surface area (Å²) >= 11 is 0. The molecule has 2 saturated heterocycles. The van der Waals surface area contributed by atoms with Crippen LogP contribution in [0.5, 0.6) is 0 Å². The van der Waals surface area contributed by atoms with Gasteiger partial charge in [0.25, 0.3) is 0 Å². The van der Waals surface area contributed by atoms with Crippen LogP contribution in [0, 0.1) is 5.41 Å². The smallest absolute Gasteiger partial charge is 0.246 e. The monoisotopic (exact) mass is 341 g/mol. The normalized spacial score (nSPS) is 23.7. The van der Waals surface area contributed by atoms with Crippen molar-refractivity contribution in [2.75, 3.05) is 19.6 Å². The molecule has 0 bridgehead atoms. The van der Waals surface area contributed by atoms with E-state index in [1.807, 2.05) is 35.8 Å². The Bertz CT molecular complexity index is 667. The number of hydrogen-bond donors (Lipinski definition) is 0. The van der Waals surface area contributed by atoms with Gasteiger partial charge in [0.1, 0.15) is 0 Å². The first-order chi connectivity index (χ1) is 12.0. The van der Waals surface area contributed by atoms with Crippen LogP contribution in [-0.2, 0) is 16.1 Å². The van der Waals surface area contributed by atoms with E-state index in [2.05, 4.69) is 4.98 Å². The van der Waals surface area contributed by atoms with E-state index in [4.69, 9.17) is 0 Å².